The predicted octanol–water partition coefficient (Wildman–Crippen LogP) is 4.86. The van der Waals surface area contributed by atoms with Crippen LogP contribution in [0, 0.1) is 6.92 Å². The summed E-state index contributed by atoms with van der Waals surface area (Å²) >= 11 is 0. The predicted molar refractivity (Wildman–Crippen MR) is 109 cm³/mol. The standard InChI is InChI=1S/C24H21NO2/c1-16-7-9-17(10-8-16)15-25-23-20-5-3-4-6-21(20)24(26)22(23)18-11-13-19(27-2)14-12-18/h3-14,25H,15H2,1-2H3. The number of Topliss-reactive ketones (excluding diaryl/α,β-unsaturated/α-hetero) is 1. The second kappa shape index (κ2) is 7.12. The number of aryl methyl sites for hydroxylation is 1. The van der Waals surface area contributed by atoms with Crippen molar-refractivity contribution in [2.75, 3.05) is 7.11 Å². The Morgan fingerprint density at radius 3 is 2.19 bits per heavy atom. The molecule has 0 radical (unpaired) electrons. The highest BCUT2D eigenvalue weighted by molar-refractivity contribution is 6.39. The molecule has 0 atom stereocenters. The van der Waals surface area contributed by atoms with E-state index < -0.39 is 0 Å². The quantitative estimate of drug-likeness (QED) is 0.710. The lowest BCUT2D eigenvalue weighted by Gasteiger charge is -2.12. The van der Waals surface area contributed by atoms with Crippen LogP contribution in [-0.2, 0) is 6.54 Å². The number of methoxy groups -OCH3 is 1. The first-order valence-electron chi connectivity index (χ1n) is 8.99. The van der Waals surface area contributed by atoms with Crippen molar-refractivity contribution in [2.24, 2.45) is 0 Å². The van der Waals surface area contributed by atoms with Gasteiger partial charge in [0.1, 0.15) is 5.75 Å². The number of nitrogens with one attached hydrogen (secondary N) is 1. The second-order valence-corrected chi connectivity index (χ2v) is 6.69. The van der Waals surface area contributed by atoms with Gasteiger partial charge < -0.3 is 10.1 Å². The van der Waals surface area contributed by atoms with Crippen molar-refractivity contribution in [2.45, 2.75) is 13.5 Å². The molecule has 0 bridgehead atoms. The summed E-state index contributed by atoms with van der Waals surface area (Å²) in [5.74, 6) is 0.832. The number of fused-ring (bicyclic) bond motifs is 1. The van der Waals surface area contributed by atoms with Crippen molar-refractivity contribution in [3.05, 3.63) is 101 Å². The number of carbonyl (C=O) groups is 1. The summed E-state index contributed by atoms with van der Waals surface area (Å²) in [6, 6.07) is 23.8. The molecule has 0 saturated heterocycles. The molecule has 0 aromatic heterocycles. The SMILES string of the molecule is COc1ccc(C2=C(NCc3ccc(C)cc3)c3ccccc3C2=O)cc1. The number of carbonyl (C=O) groups excluding carboxylic acids is 1. The molecule has 0 unspecified atom stereocenters. The Labute approximate surface area is 159 Å². The number of hydrogen-bond acceptors (Lipinski definition) is 3. The Kier molecular flexibility index (Phi) is 4.51. The van der Waals surface area contributed by atoms with Crippen molar-refractivity contribution >= 4 is 17.1 Å². The van der Waals surface area contributed by atoms with Crippen LogP contribution in [0.25, 0.3) is 11.3 Å². The fourth-order valence-corrected chi connectivity index (χ4v) is 3.40. The van der Waals surface area contributed by atoms with Crippen LogP contribution in [0.2, 0.25) is 0 Å². The van der Waals surface area contributed by atoms with Crippen LogP contribution in [-0.4, -0.2) is 12.9 Å². The molecule has 27 heavy (non-hydrogen) atoms. The van der Waals surface area contributed by atoms with Crippen LogP contribution >= 0.6 is 0 Å². The van der Waals surface area contributed by atoms with E-state index in [1.807, 2.05) is 48.5 Å². The number of ether oxygens (including phenoxy) is 1. The highest BCUT2D eigenvalue weighted by atomic mass is 16.5. The number of ketones is 1. The summed E-state index contributed by atoms with van der Waals surface area (Å²) in [5, 5.41) is 3.51. The van der Waals surface area contributed by atoms with Gasteiger partial charge in [0.05, 0.1) is 18.4 Å². The van der Waals surface area contributed by atoms with Crippen LogP contribution < -0.4 is 10.1 Å². The largest absolute Gasteiger partial charge is 0.497 e. The minimum Gasteiger partial charge on any atom is -0.497 e. The Hall–Kier alpha value is -3.33. The molecule has 0 fully saturated rings. The molecule has 134 valence electrons. The molecule has 0 spiro atoms. The van der Waals surface area contributed by atoms with E-state index in [9.17, 15) is 4.79 Å². The summed E-state index contributed by atoms with van der Waals surface area (Å²) in [6.45, 7) is 2.74. The van der Waals surface area contributed by atoms with E-state index >= 15 is 0 Å². The molecule has 0 amide bonds. The van der Waals surface area contributed by atoms with Gasteiger partial charge in [-0.3, -0.25) is 4.79 Å². The summed E-state index contributed by atoms with van der Waals surface area (Å²) in [6.07, 6.45) is 0. The topological polar surface area (TPSA) is 38.3 Å². The zero-order valence-electron chi connectivity index (χ0n) is 15.5. The van der Waals surface area contributed by atoms with E-state index in [2.05, 4.69) is 36.5 Å². The minimum atomic E-state index is 0.0576. The van der Waals surface area contributed by atoms with Crippen LogP contribution in [0.4, 0.5) is 0 Å². The monoisotopic (exact) mass is 355 g/mol. The molecule has 0 saturated carbocycles. The molecule has 0 heterocycles. The van der Waals surface area contributed by atoms with E-state index in [0.29, 0.717) is 12.1 Å². The first-order valence-corrected chi connectivity index (χ1v) is 8.99. The highest BCUT2D eigenvalue weighted by Crippen LogP contribution is 2.37. The normalized spacial score (nSPS) is 12.9. The molecule has 3 heteroatoms. The highest BCUT2D eigenvalue weighted by Gasteiger charge is 2.30. The third-order valence-corrected chi connectivity index (χ3v) is 4.89. The van der Waals surface area contributed by atoms with E-state index in [-0.39, 0.29) is 5.78 Å². The van der Waals surface area contributed by atoms with Crippen LogP contribution in [0.3, 0.4) is 0 Å². The minimum absolute atomic E-state index is 0.0576. The molecular formula is C24H21NO2. The van der Waals surface area contributed by atoms with E-state index in [1.165, 1.54) is 11.1 Å². The molecule has 3 nitrogen and oxygen atoms in total. The molecular weight excluding hydrogens is 334 g/mol. The van der Waals surface area contributed by atoms with E-state index in [1.54, 1.807) is 7.11 Å². The van der Waals surface area contributed by atoms with Gasteiger partial charge in [0.25, 0.3) is 0 Å². The maximum Gasteiger partial charge on any atom is 0.196 e. The summed E-state index contributed by atoms with van der Waals surface area (Å²) in [5.41, 5.74) is 6.61. The first kappa shape index (κ1) is 17.1. The molecule has 0 aliphatic heterocycles. The van der Waals surface area contributed by atoms with Crippen LogP contribution in [0.1, 0.15) is 32.6 Å². The third-order valence-electron chi connectivity index (χ3n) is 4.89. The number of allylic oxidation sites excluding steroid dienone is 1. The Morgan fingerprint density at radius 1 is 0.852 bits per heavy atom. The van der Waals surface area contributed by atoms with Gasteiger partial charge >= 0.3 is 0 Å². The number of hydrogen-bond donors (Lipinski definition) is 1. The van der Waals surface area contributed by atoms with Crippen molar-refractivity contribution in [3.63, 3.8) is 0 Å². The molecule has 4 rings (SSSR count). The fraction of sp³-hybridized carbons (Fsp3) is 0.125. The zero-order valence-corrected chi connectivity index (χ0v) is 15.5. The summed E-state index contributed by atoms with van der Waals surface area (Å²) < 4.78 is 5.25. The van der Waals surface area contributed by atoms with Gasteiger partial charge in [-0.15, -0.1) is 0 Å². The summed E-state index contributed by atoms with van der Waals surface area (Å²) in [7, 11) is 1.64. The third kappa shape index (κ3) is 3.24. The molecule has 1 N–H and O–H groups in total. The maximum atomic E-state index is 13.1. The van der Waals surface area contributed by atoms with E-state index in [4.69, 9.17) is 4.74 Å². The Morgan fingerprint density at radius 2 is 1.52 bits per heavy atom. The van der Waals surface area contributed by atoms with Crippen LogP contribution in [0.15, 0.2) is 72.8 Å². The molecule has 3 aromatic carbocycles. The number of rotatable bonds is 5. The average Bonchev–Trinajstić information content (AvgIpc) is 3.00. The van der Waals surface area contributed by atoms with Crippen molar-refractivity contribution < 1.29 is 9.53 Å². The molecule has 1 aliphatic rings. The van der Waals surface area contributed by atoms with Gasteiger partial charge in [0.2, 0.25) is 0 Å². The van der Waals surface area contributed by atoms with E-state index in [0.717, 1.165) is 28.1 Å². The Bertz CT molecular complexity index is 1020. The van der Waals surface area contributed by atoms with Crippen LogP contribution in [0.5, 0.6) is 5.75 Å². The average molecular weight is 355 g/mol. The fourth-order valence-electron chi connectivity index (χ4n) is 3.40. The lowest BCUT2D eigenvalue weighted by molar-refractivity contribution is 0.105. The second-order valence-electron chi connectivity index (χ2n) is 6.69. The van der Waals surface area contributed by atoms with Gasteiger partial charge in [-0.1, -0.05) is 66.2 Å². The molecule has 3 aromatic rings. The Balaban J connectivity index is 1.73. The van der Waals surface area contributed by atoms with Gasteiger partial charge in [0.15, 0.2) is 5.78 Å². The van der Waals surface area contributed by atoms with Crippen molar-refractivity contribution in [1.29, 1.82) is 0 Å². The smallest absolute Gasteiger partial charge is 0.196 e. The van der Waals surface area contributed by atoms with Gasteiger partial charge in [-0.05, 0) is 30.2 Å². The lowest BCUT2D eigenvalue weighted by atomic mass is 10.0. The van der Waals surface area contributed by atoms with Gasteiger partial charge in [-0.2, -0.15) is 0 Å². The van der Waals surface area contributed by atoms with Gasteiger partial charge in [-0.25, -0.2) is 0 Å². The zero-order chi connectivity index (χ0) is 18.8. The van der Waals surface area contributed by atoms with Crippen molar-refractivity contribution in [3.8, 4) is 5.75 Å². The lowest BCUT2D eigenvalue weighted by Crippen LogP contribution is -2.12. The molecule has 1 aliphatic carbocycles. The number of benzene rings is 3. The van der Waals surface area contributed by atoms with Gasteiger partial charge in [0, 0.05) is 17.7 Å². The maximum absolute atomic E-state index is 13.1. The summed E-state index contributed by atoms with van der Waals surface area (Å²) in [4.78, 5) is 13.1. The van der Waals surface area contributed by atoms with Crippen molar-refractivity contribution in [1.82, 2.24) is 5.32 Å². The first-order chi connectivity index (χ1) is 13.2.